The van der Waals surface area contributed by atoms with E-state index in [0.29, 0.717) is 11.7 Å². The number of amides is 1. The zero-order valence-electron chi connectivity index (χ0n) is 13.7. The molecule has 3 rings (SSSR count). The third-order valence-corrected chi connectivity index (χ3v) is 6.06. The molecule has 0 bridgehead atoms. The number of nitrogens with one attached hydrogen (secondary N) is 1. The van der Waals surface area contributed by atoms with Gasteiger partial charge in [-0.2, -0.15) is 0 Å². The highest BCUT2D eigenvalue weighted by Crippen LogP contribution is 2.20. The van der Waals surface area contributed by atoms with Gasteiger partial charge >= 0.3 is 0 Å². The van der Waals surface area contributed by atoms with Gasteiger partial charge in [-0.1, -0.05) is 42.1 Å². The van der Waals surface area contributed by atoms with Crippen LogP contribution in [0.1, 0.15) is 5.56 Å². The summed E-state index contributed by atoms with van der Waals surface area (Å²) in [4.78, 5) is 32.2. The molecule has 1 aliphatic rings. The summed E-state index contributed by atoms with van der Waals surface area (Å²) in [5, 5.41) is 1.51. The lowest BCUT2D eigenvalue weighted by atomic mass is 10.2. The minimum absolute atomic E-state index is 0.0458. The number of sulfone groups is 1. The first-order chi connectivity index (χ1) is 12.4. The monoisotopic (exact) mass is 391 g/mol. The lowest BCUT2D eigenvalue weighted by molar-refractivity contribution is -0.130. The number of benzene rings is 1. The van der Waals surface area contributed by atoms with E-state index in [2.05, 4.69) is 9.97 Å². The van der Waals surface area contributed by atoms with Gasteiger partial charge in [-0.15, -0.1) is 0 Å². The lowest BCUT2D eigenvalue weighted by Crippen LogP contribution is -2.41. The first-order valence-corrected chi connectivity index (χ1v) is 10.6. The maximum atomic E-state index is 12.8. The third kappa shape index (κ3) is 4.83. The lowest BCUT2D eigenvalue weighted by Gasteiger charge is -2.27. The largest absolute Gasteiger partial charge is 0.330 e. The number of aromatic nitrogens is 2. The predicted octanol–water partition coefficient (Wildman–Crippen LogP) is 1.20. The van der Waals surface area contributed by atoms with Crippen LogP contribution >= 0.6 is 11.8 Å². The second-order valence-electron chi connectivity index (χ2n) is 5.76. The Hall–Kier alpha value is -2.39. The number of rotatable bonds is 6. The van der Waals surface area contributed by atoms with Crippen LogP contribution in [0, 0.1) is 0 Å². The summed E-state index contributed by atoms with van der Waals surface area (Å²) in [6.07, 6.45) is 2.92. The first kappa shape index (κ1) is 18.4. The average Bonchev–Trinajstić information content (AvgIpc) is 2.98. The van der Waals surface area contributed by atoms with Crippen LogP contribution in [0.4, 0.5) is 0 Å². The zero-order valence-corrected chi connectivity index (χ0v) is 15.4. The summed E-state index contributed by atoms with van der Waals surface area (Å²) in [5.41, 5.74) is 0.621. The van der Waals surface area contributed by atoms with Crippen molar-refractivity contribution in [3.63, 3.8) is 0 Å². The minimum Gasteiger partial charge on any atom is -0.330 e. The molecule has 0 saturated heterocycles. The van der Waals surface area contributed by atoms with E-state index in [0.717, 1.165) is 22.7 Å². The van der Waals surface area contributed by atoms with Crippen LogP contribution in [0.5, 0.6) is 0 Å². The second-order valence-corrected chi connectivity index (χ2v) is 8.66. The van der Waals surface area contributed by atoms with Crippen LogP contribution in [-0.2, 0) is 21.2 Å². The van der Waals surface area contributed by atoms with Crippen LogP contribution in [0.2, 0.25) is 0 Å². The Labute approximate surface area is 155 Å². The van der Waals surface area contributed by atoms with Gasteiger partial charge in [0.15, 0.2) is 15.0 Å². The highest BCUT2D eigenvalue weighted by molar-refractivity contribution is 7.99. The van der Waals surface area contributed by atoms with Gasteiger partial charge in [-0.25, -0.2) is 13.4 Å². The molecule has 2 aromatic rings. The van der Waals surface area contributed by atoms with E-state index in [1.54, 1.807) is 11.0 Å². The topological polar surface area (TPSA) is 100 Å². The minimum atomic E-state index is -3.28. The number of H-pyrrole nitrogens is 1. The van der Waals surface area contributed by atoms with E-state index in [4.69, 9.17) is 0 Å². The Kier molecular flexibility index (Phi) is 5.58. The molecule has 0 aliphatic carbocycles. The standard InChI is InChI=1S/C17H17N3O4S2/c21-15-6-8-18-17(19-15)25-11-16(22)20(10-13-4-2-1-3-5-13)14-7-9-26(23,24)12-14/h1-9,14H,10-12H2,(H,18,19,21)/t14-/m1/s1. The Balaban J connectivity index is 1.74. The van der Waals surface area contributed by atoms with Crippen LogP contribution < -0.4 is 5.56 Å². The average molecular weight is 391 g/mol. The summed E-state index contributed by atoms with van der Waals surface area (Å²) in [6.45, 7) is 0.309. The van der Waals surface area contributed by atoms with Crippen LogP contribution in [0.3, 0.4) is 0 Å². The third-order valence-electron chi connectivity index (χ3n) is 3.81. The molecule has 2 heterocycles. The van der Waals surface area contributed by atoms with E-state index in [1.165, 1.54) is 12.3 Å². The van der Waals surface area contributed by atoms with Crippen molar-refractivity contribution in [2.24, 2.45) is 0 Å². The fourth-order valence-electron chi connectivity index (χ4n) is 2.56. The SMILES string of the molecule is O=C(CSc1nccc(=O)[nH]1)N(Cc1ccccc1)[C@@H]1C=CS(=O)(=O)C1. The molecule has 1 atom stereocenters. The molecule has 0 fully saturated rings. The predicted molar refractivity (Wildman–Crippen MR) is 99.3 cm³/mol. The smallest absolute Gasteiger partial charge is 0.251 e. The van der Waals surface area contributed by atoms with Gasteiger partial charge in [0.25, 0.3) is 5.56 Å². The number of thioether (sulfide) groups is 1. The number of carbonyl (C=O) groups is 1. The number of nitrogens with zero attached hydrogens (tertiary/aromatic N) is 2. The van der Waals surface area contributed by atoms with Crippen molar-refractivity contribution in [2.75, 3.05) is 11.5 Å². The fourth-order valence-corrected chi connectivity index (χ4v) is 4.60. The molecule has 0 radical (unpaired) electrons. The van der Waals surface area contributed by atoms with Gasteiger partial charge in [0, 0.05) is 24.2 Å². The molecule has 1 aromatic carbocycles. The van der Waals surface area contributed by atoms with Gasteiger partial charge < -0.3 is 9.88 Å². The van der Waals surface area contributed by atoms with Gasteiger partial charge in [-0.05, 0) is 11.6 Å². The molecule has 7 nitrogen and oxygen atoms in total. The van der Waals surface area contributed by atoms with E-state index in [-0.39, 0.29) is 23.0 Å². The number of carbonyl (C=O) groups excluding carboxylic acids is 1. The number of hydrogen-bond acceptors (Lipinski definition) is 6. The molecular formula is C17H17N3O4S2. The highest BCUT2D eigenvalue weighted by atomic mass is 32.2. The zero-order chi connectivity index (χ0) is 18.6. The summed E-state index contributed by atoms with van der Waals surface area (Å²) in [7, 11) is -3.28. The summed E-state index contributed by atoms with van der Waals surface area (Å²) in [5.74, 6) is -0.294. The van der Waals surface area contributed by atoms with Crippen molar-refractivity contribution < 1.29 is 13.2 Å². The second kappa shape index (κ2) is 7.88. The summed E-state index contributed by atoms with van der Waals surface area (Å²) < 4.78 is 23.5. The highest BCUT2D eigenvalue weighted by Gasteiger charge is 2.30. The molecule has 26 heavy (non-hydrogen) atoms. The van der Waals surface area contributed by atoms with Crippen LogP contribution in [-0.4, -0.2) is 46.7 Å². The molecule has 0 spiro atoms. The van der Waals surface area contributed by atoms with Crippen molar-refractivity contribution >= 4 is 27.5 Å². The summed E-state index contributed by atoms with van der Waals surface area (Å²) in [6, 6.07) is 10.2. The normalized spacial score (nSPS) is 17.9. The van der Waals surface area contributed by atoms with Gasteiger partial charge in [-0.3, -0.25) is 9.59 Å². The number of hydrogen-bond donors (Lipinski definition) is 1. The quantitative estimate of drug-likeness (QED) is 0.587. The Morgan fingerprint density at radius 2 is 2.04 bits per heavy atom. The Morgan fingerprint density at radius 3 is 2.69 bits per heavy atom. The maximum absolute atomic E-state index is 12.8. The first-order valence-electron chi connectivity index (χ1n) is 7.85. The van der Waals surface area contributed by atoms with Crippen molar-refractivity contribution in [3.05, 3.63) is 70.0 Å². The molecule has 0 saturated carbocycles. The van der Waals surface area contributed by atoms with E-state index < -0.39 is 15.9 Å². The van der Waals surface area contributed by atoms with Gasteiger partial charge in [0.05, 0.1) is 17.5 Å². The Bertz CT molecular complexity index is 971. The van der Waals surface area contributed by atoms with Crippen molar-refractivity contribution in [1.82, 2.24) is 14.9 Å². The van der Waals surface area contributed by atoms with E-state index in [9.17, 15) is 18.0 Å². The van der Waals surface area contributed by atoms with Crippen LogP contribution in [0.25, 0.3) is 0 Å². The van der Waals surface area contributed by atoms with Crippen molar-refractivity contribution in [3.8, 4) is 0 Å². The molecular weight excluding hydrogens is 374 g/mol. The number of aromatic amines is 1. The van der Waals surface area contributed by atoms with Gasteiger partial charge in [0.1, 0.15) is 0 Å². The summed E-state index contributed by atoms with van der Waals surface area (Å²) >= 11 is 1.11. The van der Waals surface area contributed by atoms with Crippen LogP contribution in [0.15, 0.2) is 64.0 Å². The molecule has 1 N–H and O–H groups in total. The van der Waals surface area contributed by atoms with Crippen molar-refractivity contribution in [2.45, 2.75) is 17.7 Å². The Morgan fingerprint density at radius 1 is 1.27 bits per heavy atom. The van der Waals surface area contributed by atoms with E-state index in [1.807, 2.05) is 30.3 Å². The molecule has 0 unspecified atom stereocenters. The maximum Gasteiger partial charge on any atom is 0.251 e. The molecule has 1 aliphatic heterocycles. The van der Waals surface area contributed by atoms with E-state index >= 15 is 0 Å². The molecule has 136 valence electrons. The van der Waals surface area contributed by atoms with Crippen molar-refractivity contribution in [1.29, 1.82) is 0 Å². The van der Waals surface area contributed by atoms with Gasteiger partial charge in [0.2, 0.25) is 5.91 Å². The fraction of sp³-hybridized carbons (Fsp3) is 0.235. The molecule has 1 aromatic heterocycles. The molecule has 9 heteroatoms. The molecule has 1 amide bonds.